The van der Waals surface area contributed by atoms with Crippen molar-refractivity contribution in [2.45, 2.75) is 20.8 Å². The highest BCUT2D eigenvalue weighted by Crippen LogP contribution is 2.21. The maximum absolute atomic E-state index is 11.9. The summed E-state index contributed by atoms with van der Waals surface area (Å²) in [5, 5.41) is 11.4. The van der Waals surface area contributed by atoms with E-state index >= 15 is 0 Å². The van der Waals surface area contributed by atoms with E-state index in [0.29, 0.717) is 5.82 Å². The van der Waals surface area contributed by atoms with E-state index in [0.717, 1.165) is 16.8 Å². The molecular formula is C11H13N3OS. The first-order valence-electron chi connectivity index (χ1n) is 4.96. The van der Waals surface area contributed by atoms with E-state index < -0.39 is 0 Å². The Morgan fingerprint density at radius 3 is 2.69 bits per heavy atom. The van der Waals surface area contributed by atoms with Gasteiger partial charge in [0.25, 0.3) is 5.91 Å². The van der Waals surface area contributed by atoms with Gasteiger partial charge in [-0.2, -0.15) is 5.10 Å². The lowest BCUT2D eigenvalue weighted by atomic mass is 10.2. The molecular weight excluding hydrogens is 222 g/mol. The van der Waals surface area contributed by atoms with Crippen LogP contribution in [-0.2, 0) is 0 Å². The maximum Gasteiger partial charge on any atom is 0.257 e. The number of amides is 1. The Balaban J connectivity index is 2.18. The van der Waals surface area contributed by atoms with Crippen molar-refractivity contribution in [2.75, 3.05) is 5.32 Å². The number of carbonyl (C=O) groups excluding carboxylic acids is 1. The van der Waals surface area contributed by atoms with Crippen LogP contribution in [0.2, 0.25) is 0 Å². The average Bonchev–Trinajstić information content (AvgIpc) is 2.76. The van der Waals surface area contributed by atoms with E-state index in [1.54, 1.807) is 17.4 Å². The standard InChI is InChI=1S/C11H13N3OS/c1-6-4-10(14-13-6)12-11(15)9-5-16-8(3)7(9)2/h4-5H,1-3H3,(H2,12,13,14,15). The molecule has 16 heavy (non-hydrogen) atoms. The molecule has 0 radical (unpaired) electrons. The summed E-state index contributed by atoms with van der Waals surface area (Å²) in [6, 6.07) is 1.80. The molecule has 0 saturated carbocycles. The van der Waals surface area contributed by atoms with Gasteiger partial charge in [0, 0.05) is 22.0 Å². The van der Waals surface area contributed by atoms with Crippen LogP contribution >= 0.6 is 11.3 Å². The maximum atomic E-state index is 11.9. The number of carbonyl (C=O) groups is 1. The predicted octanol–water partition coefficient (Wildman–Crippen LogP) is 2.65. The summed E-state index contributed by atoms with van der Waals surface area (Å²) >= 11 is 1.59. The van der Waals surface area contributed by atoms with Crippen LogP contribution in [0.15, 0.2) is 11.4 Å². The fourth-order valence-corrected chi connectivity index (χ4v) is 2.27. The molecule has 2 rings (SSSR count). The summed E-state index contributed by atoms with van der Waals surface area (Å²) in [5.41, 5.74) is 2.69. The number of hydrogen-bond donors (Lipinski definition) is 2. The number of nitrogens with zero attached hydrogens (tertiary/aromatic N) is 1. The quantitative estimate of drug-likeness (QED) is 0.840. The first-order valence-corrected chi connectivity index (χ1v) is 5.84. The van der Waals surface area contributed by atoms with Gasteiger partial charge in [-0.15, -0.1) is 11.3 Å². The fourth-order valence-electron chi connectivity index (χ4n) is 1.40. The topological polar surface area (TPSA) is 57.8 Å². The highest BCUT2D eigenvalue weighted by Gasteiger charge is 2.13. The monoisotopic (exact) mass is 235 g/mol. The Hall–Kier alpha value is -1.62. The van der Waals surface area contributed by atoms with E-state index in [1.807, 2.05) is 26.2 Å². The van der Waals surface area contributed by atoms with Crippen molar-refractivity contribution in [2.24, 2.45) is 0 Å². The fraction of sp³-hybridized carbons (Fsp3) is 0.273. The summed E-state index contributed by atoms with van der Waals surface area (Å²) < 4.78 is 0. The van der Waals surface area contributed by atoms with Crippen LogP contribution in [0.5, 0.6) is 0 Å². The third-order valence-electron chi connectivity index (χ3n) is 2.48. The molecule has 0 saturated heterocycles. The molecule has 84 valence electrons. The summed E-state index contributed by atoms with van der Waals surface area (Å²) in [4.78, 5) is 13.1. The Kier molecular flexibility index (Phi) is 2.78. The second kappa shape index (κ2) is 4.09. The van der Waals surface area contributed by atoms with E-state index in [-0.39, 0.29) is 5.91 Å². The number of hydrogen-bond acceptors (Lipinski definition) is 3. The molecule has 0 aliphatic rings. The van der Waals surface area contributed by atoms with Gasteiger partial charge in [-0.1, -0.05) is 0 Å². The van der Waals surface area contributed by atoms with Crippen LogP contribution in [0.4, 0.5) is 5.82 Å². The lowest BCUT2D eigenvalue weighted by molar-refractivity contribution is 0.102. The highest BCUT2D eigenvalue weighted by molar-refractivity contribution is 7.10. The van der Waals surface area contributed by atoms with Crippen molar-refractivity contribution in [3.05, 3.63) is 33.1 Å². The predicted molar refractivity (Wildman–Crippen MR) is 65.1 cm³/mol. The Labute approximate surface area is 97.7 Å². The summed E-state index contributed by atoms with van der Waals surface area (Å²) in [6.45, 7) is 5.86. The minimum atomic E-state index is -0.103. The number of aryl methyl sites for hydroxylation is 2. The van der Waals surface area contributed by atoms with Crippen LogP contribution < -0.4 is 5.32 Å². The first kappa shape index (κ1) is 10.9. The molecule has 0 unspecified atom stereocenters. The molecule has 0 aliphatic carbocycles. The molecule has 0 atom stereocenters. The lowest BCUT2D eigenvalue weighted by Crippen LogP contribution is -2.12. The van der Waals surface area contributed by atoms with E-state index in [1.165, 1.54) is 4.88 Å². The van der Waals surface area contributed by atoms with Crippen molar-refractivity contribution in [3.8, 4) is 0 Å². The molecule has 0 aliphatic heterocycles. The normalized spacial score (nSPS) is 10.4. The molecule has 1 amide bonds. The lowest BCUT2D eigenvalue weighted by Gasteiger charge is -2.00. The van der Waals surface area contributed by atoms with Gasteiger partial charge in [0.05, 0.1) is 5.56 Å². The molecule has 2 heterocycles. The number of aromatic nitrogens is 2. The zero-order valence-corrected chi connectivity index (χ0v) is 10.2. The van der Waals surface area contributed by atoms with Gasteiger partial charge in [-0.3, -0.25) is 9.89 Å². The number of rotatable bonds is 2. The third-order valence-corrected chi connectivity index (χ3v) is 3.49. The number of anilines is 1. The molecule has 5 heteroatoms. The first-order chi connectivity index (χ1) is 7.58. The van der Waals surface area contributed by atoms with E-state index in [9.17, 15) is 4.79 Å². The number of aromatic amines is 1. The Bertz CT molecular complexity index is 527. The number of nitrogens with one attached hydrogen (secondary N) is 2. The van der Waals surface area contributed by atoms with Crippen molar-refractivity contribution in [3.63, 3.8) is 0 Å². The number of thiophene rings is 1. The van der Waals surface area contributed by atoms with Crippen LogP contribution in [0.25, 0.3) is 0 Å². The van der Waals surface area contributed by atoms with Gasteiger partial charge >= 0.3 is 0 Å². The summed E-state index contributed by atoms with van der Waals surface area (Å²) in [6.07, 6.45) is 0. The van der Waals surface area contributed by atoms with Crippen molar-refractivity contribution >= 4 is 23.1 Å². The van der Waals surface area contributed by atoms with Crippen LogP contribution in [-0.4, -0.2) is 16.1 Å². The van der Waals surface area contributed by atoms with Gasteiger partial charge < -0.3 is 5.32 Å². The Morgan fingerprint density at radius 2 is 2.19 bits per heavy atom. The molecule has 4 nitrogen and oxygen atoms in total. The molecule has 0 spiro atoms. The smallest absolute Gasteiger partial charge is 0.257 e. The third kappa shape index (κ3) is 1.99. The SMILES string of the molecule is Cc1cc(NC(=O)c2csc(C)c2C)n[nH]1. The zero-order valence-electron chi connectivity index (χ0n) is 9.42. The van der Waals surface area contributed by atoms with Gasteiger partial charge in [-0.25, -0.2) is 0 Å². The number of H-pyrrole nitrogens is 1. The largest absolute Gasteiger partial charge is 0.305 e. The second-order valence-corrected chi connectivity index (χ2v) is 4.80. The van der Waals surface area contributed by atoms with E-state index in [2.05, 4.69) is 15.5 Å². The molecule has 0 bridgehead atoms. The molecule has 2 aromatic heterocycles. The molecule has 2 N–H and O–H groups in total. The Morgan fingerprint density at radius 1 is 1.44 bits per heavy atom. The molecule has 0 fully saturated rings. The minimum Gasteiger partial charge on any atom is -0.305 e. The van der Waals surface area contributed by atoms with Crippen molar-refractivity contribution in [1.29, 1.82) is 0 Å². The van der Waals surface area contributed by atoms with Crippen molar-refractivity contribution < 1.29 is 4.79 Å². The highest BCUT2D eigenvalue weighted by atomic mass is 32.1. The second-order valence-electron chi connectivity index (χ2n) is 3.72. The van der Waals surface area contributed by atoms with Gasteiger partial charge in [-0.05, 0) is 26.3 Å². The van der Waals surface area contributed by atoms with E-state index in [4.69, 9.17) is 0 Å². The van der Waals surface area contributed by atoms with Gasteiger partial charge in [0.2, 0.25) is 0 Å². The van der Waals surface area contributed by atoms with Crippen LogP contribution in [0.1, 0.15) is 26.5 Å². The zero-order chi connectivity index (χ0) is 11.7. The summed E-state index contributed by atoms with van der Waals surface area (Å²) in [7, 11) is 0. The average molecular weight is 235 g/mol. The van der Waals surface area contributed by atoms with Crippen LogP contribution in [0, 0.1) is 20.8 Å². The summed E-state index contributed by atoms with van der Waals surface area (Å²) in [5.74, 6) is 0.458. The van der Waals surface area contributed by atoms with Crippen LogP contribution in [0.3, 0.4) is 0 Å². The van der Waals surface area contributed by atoms with Gasteiger partial charge in [0.1, 0.15) is 0 Å². The molecule has 0 aromatic carbocycles. The van der Waals surface area contributed by atoms with Gasteiger partial charge in [0.15, 0.2) is 5.82 Å². The minimum absolute atomic E-state index is 0.103. The molecule has 2 aromatic rings. The van der Waals surface area contributed by atoms with Crippen molar-refractivity contribution in [1.82, 2.24) is 10.2 Å².